The van der Waals surface area contributed by atoms with E-state index in [1.54, 1.807) is 67.6 Å². The van der Waals surface area contributed by atoms with Crippen molar-refractivity contribution in [1.82, 2.24) is 5.32 Å². The van der Waals surface area contributed by atoms with Crippen molar-refractivity contribution in [3.63, 3.8) is 0 Å². The standard InChI is InChI=1S/C28H21Cl2N3O4/c1-2-37-27(36)33-23-13-20(30)9-10-21(23)28(26(33)35)22(17-6-4-8-19(29)12-17)14-24(34)32-25(28)18-7-3-5-16(11-18)15-31/h3-13,22,25H,2,14H2,1H3,(H,32,34)/t22-,25+,28-/m0/s1. The van der Waals surface area contributed by atoms with Gasteiger partial charge in [-0.15, -0.1) is 0 Å². The fourth-order valence-corrected chi connectivity index (χ4v) is 5.92. The number of nitriles is 1. The summed E-state index contributed by atoms with van der Waals surface area (Å²) in [5.74, 6) is -1.52. The van der Waals surface area contributed by atoms with E-state index >= 15 is 0 Å². The maximum Gasteiger partial charge on any atom is 0.421 e. The Labute approximate surface area is 223 Å². The molecule has 0 unspecified atom stereocenters. The number of ether oxygens (including phenoxy) is 1. The first kappa shape index (κ1) is 24.8. The van der Waals surface area contributed by atoms with Gasteiger partial charge in [0.15, 0.2) is 0 Å². The minimum Gasteiger partial charge on any atom is -0.449 e. The van der Waals surface area contributed by atoms with Crippen LogP contribution >= 0.6 is 23.2 Å². The average Bonchev–Trinajstić information content (AvgIpc) is 3.13. The molecule has 0 saturated carbocycles. The summed E-state index contributed by atoms with van der Waals surface area (Å²) in [6.07, 6.45) is -0.863. The second-order valence-corrected chi connectivity index (χ2v) is 9.79. The largest absolute Gasteiger partial charge is 0.449 e. The van der Waals surface area contributed by atoms with Gasteiger partial charge in [0, 0.05) is 22.4 Å². The number of nitrogens with zero attached hydrogens (tertiary/aromatic N) is 2. The van der Waals surface area contributed by atoms with Crippen LogP contribution in [0.3, 0.4) is 0 Å². The zero-order chi connectivity index (χ0) is 26.3. The Bertz CT molecular complexity index is 1480. The Morgan fingerprint density at radius 3 is 2.54 bits per heavy atom. The van der Waals surface area contributed by atoms with Crippen molar-refractivity contribution in [2.24, 2.45) is 0 Å². The minimum atomic E-state index is -1.46. The molecule has 1 N–H and O–H groups in total. The van der Waals surface area contributed by atoms with Gasteiger partial charge in [-0.1, -0.05) is 53.5 Å². The van der Waals surface area contributed by atoms with Crippen LogP contribution in [0.1, 0.15) is 47.6 Å². The Hall–Kier alpha value is -3.86. The van der Waals surface area contributed by atoms with Crippen LogP contribution in [0.2, 0.25) is 10.0 Å². The lowest BCUT2D eigenvalue weighted by molar-refractivity contribution is -0.132. The van der Waals surface area contributed by atoms with Crippen LogP contribution in [0.4, 0.5) is 10.5 Å². The third kappa shape index (κ3) is 3.93. The zero-order valence-electron chi connectivity index (χ0n) is 19.7. The monoisotopic (exact) mass is 533 g/mol. The molecule has 0 radical (unpaired) electrons. The number of carbonyl (C=O) groups is 3. The van der Waals surface area contributed by atoms with E-state index in [2.05, 4.69) is 11.4 Å². The third-order valence-electron chi connectivity index (χ3n) is 6.95. The first-order valence-electron chi connectivity index (χ1n) is 11.7. The number of halogens is 2. The highest BCUT2D eigenvalue weighted by atomic mass is 35.5. The minimum absolute atomic E-state index is 0.0285. The van der Waals surface area contributed by atoms with Crippen LogP contribution in [0.25, 0.3) is 0 Å². The van der Waals surface area contributed by atoms with E-state index in [4.69, 9.17) is 27.9 Å². The average molecular weight is 534 g/mol. The van der Waals surface area contributed by atoms with E-state index < -0.39 is 29.4 Å². The molecule has 37 heavy (non-hydrogen) atoms. The smallest absolute Gasteiger partial charge is 0.421 e. The van der Waals surface area contributed by atoms with Crippen LogP contribution in [0.5, 0.6) is 0 Å². The SMILES string of the molecule is CCOC(=O)N1C(=O)[C@]2(c3ccc(Cl)cc31)[C@@H](c1cccc(C#N)c1)NC(=O)C[C@H]2c1cccc(Cl)c1. The number of fused-ring (bicyclic) bond motifs is 2. The molecule has 5 rings (SSSR count). The predicted octanol–water partition coefficient (Wildman–Crippen LogP) is 5.65. The molecule has 1 saturated heterocycles. The number of amides is 3. The molecule has 2 aliphatic heterocycles. The summed E-state index contributed by atoms with van der Waals surface area (Å²) >= 11 is 12.7. The second-order valence-electron chi connectivity index (χ2n) is 8.92. The highest BCUT2D eigenvalue weighted by Crippen LogP contribution is 2.59. The summed E-state index contributed by atoms with van der Waals surface area (Å²) in [6, 6.07) is 19.9. The van der Waals surface area contributed by atoms with Gasteiger partial charge in [-0.25, -0.2) is 9.69 Å². The van der Waals surface area contributed by atoms with Gasteiger partial charge in [-0.05, 0) is 60.0 Å². The third-order valence-corrected chi connectivity index (χ3v) is 7.42. The molecule has 0 bridgehead atoms. The number of imide groups is 1. The molecule has 0 aliphatic carbocycles. The molecule has 2 aliphatic rings. The van der Waals surface area contributed by atoms with Crippen LogP contribution in [-0.4, -0.2) is 24.5 Å². The summed E-state index contributed by atoms with van der Waals surface area (Å²) in [6.45, 7) is 1.71. The van der Waals surface area contributed by atoms with E-state index in [0.717, 1.165) is 4.90 Å². The van der Waals surface area contributed by atoms with Gasteiger partial charge >= 0.3 is 6.09 Å². The summed E-state index contributed by atoms with van der Waals surface area (Å²) in [5, 5.41) is 13.3. The van der Waals surface area contributed by atoms with E-state index in [9.17, 15) is 19.6 Å². The lowest BCUT2D eigenvalue weighted by Crippen LogP contribution is -2.58. The lowest BCUT2D eigenvalue weighted by Gasteiger charge is -2.46. The van der Waals surface area contributed by atoms with Crippen molar-refractivity contribution in [3.05, 3.63) is 99.0 Å². The Kier molecular flexibility index (Phi) is 6.40. The van der Waals surface area contributed by atoms with E-state index in [1.165, 1.54) is 0 Å². The molecule has 0 aromatic heterocycles. The van der Waals surface area contributed by atoms with E-state index in [0.29, 0.717) is 38.0 Å². The van der Waals surface area contributed by atoms with E-state index in [-0.39, 0.29) is 18.9 Å². The van der Waals surface area contributed by atoms with Gasteiger partial charge in [0.05, 0.1) is 30.0 Å². The number of hydrogen-bond donors (Lipinski definition) is 1. The number of piperidine rings is 1. The van der Waals surface area contributed by atoms with Crippen molar-refractivity contribution in [2.45, 2.75) is 30.7 Å². The van der Waals surface area contributed by atoms with E-state index in [1.807, 2.05) is 6.07 Å². The molecule has 7 nitrogen and oxygen atoms in total. The fraction of sp³-hybridized carbons (Fsp3) is 0.214. The number of anilines is 1. The molecular formula is C28H21Cl2N3O4. The molecule has 1 fully saturated rings. The first-order valence-corrected chi connectivity index (χ1v) is 12.4. The lowest BCUT2D eigenvalue weighted by atomic mass is 9.59. The number of nitrogens with one attached hydrogen (secondary N) is 1. The highest BCUT2D eigenvalue weighted by Gasteiger charge is 2.64. The summed E-state index contributed by atoms with van der Waals surface area (Å²) < 4.78 is 5.26. The highest BCUT2D eigenvalue weighted by molar-refractivity contribution is 6.32. The normalized spacial score (nSPS) is 22.4. The molecule has 186 valence electrons. The van der Waals surface area contributed by atoms with Crippen molar-refractivity contribution in [1.29, 1.82) is 5.26 Å². The van der Waals surface area contributed by atoms with Gasteiger partial charge < -0.3 is 10.1 Å². The fourth-order valence-electron chi connectivity index (χ4n) is 5.55. The van der Waals surface area contributed by atoms with Crippen LogP contribution in [-0.2, 0) is 19.7 Å². The quantitative estimate of drug-likeness (QED) is 0.468. The molecule has 1 spiro atoms. The Morgan fingerprint density at radius 1 is 1.08 bits per heavy atom. The molecule has 3 aromatic carbocycles. The van der Waals surface area contributed by atoms with Crippen molar-refractivity contribution in [3.8, 4) is 6.07 Å². The van der Waals surface area contributed by atoms with Crippen LogP contribution < -0.4 is 10.2 Å². The van der Waals surface area contributed by atoms with Crippen LogP contribution in [0, 0.1) is 11.3 Å². The zero-order valence-corrected chi connectivity index (χ0v) is 21.2. The van der Waals surface area contributed by atoms with Gasteiger partial charge in [0.2, 0.25) is 11.8 Å². The van der Waals surface area contributed by atoms with Gasteiger partial charge in [0.25, 0.3) is 0 Å². The molecule has 3 aromatic rings. The number of carbonyl (C=O) groups excluding carboxylic acids is 3. The number of hydrogen-bond acceptors (Lipinski definition) is 5. The molecule has 3 amide bonds. The van der Waals surface area contributed by atoms with Gasteiger partial charge in [0.1, 0.15) is 5.41 Å². The predicted molar refractivity (Wildman–Crippen MR) is 138 cm³/mol. The molecule has 9 heteroatoms. The summed E-state index contributed by atoms with van der Waals surface area (Å²) in [4.78, 5) is 41.9. The molecular weight excluding hydrogens is 513 g/mol. The van der Waals surface area contributed by atoms with Gasteiger partial charge in [-0.3, -0.25) is 9.59 Å². The van der Waals surface area contributed by atoms with Crippen LogP contribution in [0.15, 0.2) is 66.7 Å². The number of rotatable bonds is 3. The maximum absolute atomic E-state index is 14.6. The number of benzene rings is 3. The summed E-state index contributed by atoms with van der Waals surface area (Å²) in [5.41, 5.74) is 0.950. The van der Waals surface area contributed by atoms with Crippen molar-refractivity contribution in [2.75, 3.05) is 11.5 Å². The Balaban J connectivity index is 1.85. The van der Waals surface area contributed by atoms with Crippen molar-refractivity contribution < 1.29 is 19.1 Å². The second kappa shape index (κ2) is 9.55. The van der Waals surface area contributed by atoms with Gasteiger partial charge in [-0.2, -0.15) is 5.26 Å². The molecule has 2 heterocycles. The van der Waals surface area contributed by atoms with Crippen molar-refractivity contribution >= 4 is 46.8 Å². The molecule has 3 atom stereocenters. The maximum atomic E-state index is 14.6. The Morgan fingerprint density at radius 2 is 1.81 bits per heavy atom. The topological polar surface area (TPSA) is 99.5 Å². The summed E-state index contributed by atoms with van der Waals surface area (Å²) in [7, 11) is 0. The first-order chi connectivity index (χ1) is 17.8.